The highest BCUT2D eigenvalue weighted by Crippen LogP contribution is 2.39. The predicted molar refractivity (Wildman–Crippen MR) is 267 cm³/mol. The summed E-state index contributed by atoms with van der Waals surface area (Å²) in [5.41, 5.74) is 17.5. The molecule has 0 aliphatic rings. The van der Waals surface area contributed by atoms with Crippen LogP contribution in [-0.4, -0.2) is 0 Å². The van der Waals surface area contributed by atoms with Crippen LogP contribution in [0.5, 0.6) is 0 Å². The minimum Gasteiger partial charge on any atom is -0.363 e. The van der Waals surface area contributed by atoms with Gasteiger partial charge in [-0.1, -0.05) is 115 Å². The Bertz CT molecular complexity index is 2720. The monoisotopic (exact) mass is 816 g/mol. The fraction of sp³-hybridized carbons (Fsp3) is 0.0847. The van der Waals surface area contributed by atoms with Gasteiger partial charge in [-0.3, -0.25) is 0 Å². The van der Waals surface area contributed by atoms with Crippen LogP contribution in [0.25, 0.3) is 0 Å². The third-order valence-corrected chi connectivity index (χ3v) is 11.4. The summed E-state index contributed by atoms with van der Waals surface area (Å²) in [5, 5.41) is 0. The Kier molecular flexibility index (Phi) is 12.1. The van der Waals surface area contributed by atoms with Gasteiger partial charge in [0.2, 0.25) is 0 Å². The van der Waals surface area contributed by atoms with E-state index in [2.05, 4.69) is 277 Å². The van der Waals surface area contributed by atoms with Gasteiger partial charge in [0.1, 0.15) is 0 Å². The molecule has 63 heavy (non-hydrogen) atoms. The summed E-state index contributed by atoms with van der Waals surface area (Å²) in [6, 6.07) is 85.2. The molecule has 0 radical (unpaired) electrons. The Morgan fingerprint density at radius 2 is 0.492 bits per heavy atom. The molecular weight excluding hydrogens is 765 g/mol. The summed E-state index contributed by atoms with van der Waals surface area (Å²) in [4.78, 5) is 9.48. The maximum absolute atomic E-state index is 2.48. The van der Waals surface area contributed by atoms with E-state index in [-0.39, 0.29) is 0 Å². The molecule has 0 saturated carbocycles. The zero-order valence-electron chi connectivity index (χ0n) is 36.2. The largest absolute Gasteiger partial charge is 0.363 e. The molecule has 4 heteroatoms. The number of hydrogen-bond acceptors (Lipinski definition) is 4. The van der Waals surface area contributed by atoms with Crippen LogP contribution in [0.4, 0.5) is 56.9 Å². The molecule has 308 valence electrons. The van der Waals surface area contributed by atoms with E-state index in [1.54, 1.807) is 0 Å². The topological polar surface area (TPSA) is 13.0 Å². The molecule has 0 spiro atoms. The summed E-state index contributed by atoms with van der Waals surface area (Å²) in [6.07, 6.45) is 0. The first kappa shape index (κ1) is 40.6. The number of aryl methyl sites for hydroxylation is 3. The molecule has 0 aliphatic carbocycles. The number of hydrogen-bond donors (Lipinski definition) is 0. The van der Waals surface area contributed by atoms with Crippen molar-refractivity contribution in [2.45, 2.75) is 33.9 Å². The average Bonchev–Trinajstić information content (AvgIpc) is 3.32. The lowest BCUT2D eigenvalue weighted by atomic mass is 10.1. The lowest BCUT2D eigenvalue weighted by Crippen LogP contribution is -2.22. The smallest absolute Gasteiger partial charge is 0.0464 e. The quantitative estimate of drug-likeness (QED) is 0.108. The maximum atomic E-state index is 2.48. The van der Waals surface area contributed by atoms with Gasteiger partial charge in [0.05, 0.1) is 0 Å². The second kappa shape index (κ2) is 18.8. The number of benzene rings is 9. The third-order valence-electron chi connectivity index (χ3n) is 11.4. The second-order valence-electron chi connectivity index (χ2n) is 16.2. The van der Waals surface area contributed by atoms with Crippen molar-refractivity contribution >= 4 is 56.9 Å². The van der Waals surface area contributed by atoms with Gasteiger partial charge in [0, 0.05) is 70.0 Å². The normalized spacial score (nSPS) is 10.9. The number of rotatable bonds is 14. The Morgan fingerprint density at radius 3 is 0.794 bits per heavy atom. The fourth-order valence-corrected chi connectivity index (χ4v) is 8.37. The number of para-hydroxylation sites is 3. The minimum absolute atomic E-state index is 0.733. The summed E-state index contributed by atoms with van der Waals surface area (Å²) in [6.45, 7) is 7.91. The zero-order chi connectivity index (χ0) is 43.0. The van der Waals surface area contributed by atoms with Gasteiger partial charge in [0.15, 0.2) is 0 Å². The highest BCUT2D eigenvalue weighted by Gasteiger charge is 2.18. The van der Waals surface area contributed by atoms with Crippen LogP contribution in [0.2, 0.25) is 0 Å². The van der Waals surface area contributed by atoms with Crippen LogP contribution in [-0.2, 0) is 13.1 Å². The van der Waals surface area contributed by atoms with E-state index in [0.717, 1.165) is 70.0 Å². The fourth-order valence-electron chi connectivity index (χ4n) is 8.37. The van der Waals surface area contributed by atoms with Crippen molar-refractivity contribution in [3.05, 3.63) is 264 Å². The summed E-state index contributed by atoms with van der Waals surface area (Å²) in [7, 11) is 0. The van der Waals surface area contributed by atoms with E-state index in [0.29, 0.717) is 0 Å². The Balaban J connectivity index is 1.05. The highest BCUT2D eigenvalue weighted by molar-refractivity contribution is 5.80. The van der Waals surface area contributed by atoms with Gasteiger partial charge in [0.25, 0.3) is 0 Å². The van der Waals surface area contributed by atoms with Crippen LogP contribution in [0.1, 0.15) is 27.8 Å². The van der Waals surface area contributed by atoms with Crippen LogP contribution in [0, 0.1) is 20.8 Å². The third kappa shape index (κ3) is 9.57. The first-order chi connectivity index (χ1) is 30.9. The first-order valence-electron chi connectivity index (χ1n) is 21.7. The van der Waals surface area contributed by atoms with Crippen molar-refractivity contribution in [2.75, 3.05) is 19.6 Å². The van der Waals surface area contributed by atoms with E-state index in [1.807, 2.05) is 0 Å². The average molecular weight is 817 g/mol. The van der Waals surface area contributed by atoms with E-state index in [4.69, 9.17) is 0 Å². The van der Waals surface area contributed by atoms with Crippen LogP contribution in [0.15, 0.2) is 237 Å². The lowest BCUT2D eigenvalue weighted by molar-refractivity contribution is 0.800. The molecule has 9 aromatic carbocycles. The van der Waals surface area contributed by atoms with Crippen LogP contribution >= 0.6 is 0 Å². The van der Waals surface area contributed by atoms with Crippen LogP contribution < -0.4 is 19.6 Å². The molecule has 0 unspecified atom stereocenters. The molecule has 0 aliphatic heterocycles. The molecular formula is C59H52N4. The molecule has 0 fully saturated rings. The number of anilines is 10. The van der Waals surface area contributed by atoms with Crippen molar-refractivity contribution < 1.29 is 0 Å². The molecule has 0 heterocycles. The minimum atomic E-state index is 0.733. The maximum Gasteiger partial charge on any atom is 0.0464 e. The van der Waals surface area contributed by atoms with Gasteiger partial charge in [-0.05, 0) is 170 Å². The molecule has 0 bridgehead atoms. The van der Waals surface area contributed by atoms with Gasteiger partial charge < -0.3 is 19.6 Å². The Labute approximate surface area is 373 Å². The molecule has 9 rings (SSSR count). The zero-order valence-corrected chi connectivity index (χ0v) is 36.2. The van der Waals surface area contributed by atoms with Crippen LogP contribution in [0.3, 0.4) is 0 Å². The SMILES string of the molecule is Cc1cccc(N(c2ccccc2)c2ccc(CN(Cc3ccc(N(c4ccccc4)c4cccc(C)c4)cc3)c3ccc(N(c4ccccc4)c4cccc(C)c4)cc3)cc2)c1. The molecule has 9 aromatic rings. The Morgan fingerprint density at radius 1 is 0.238 bits per heavy atom. The molecule has 0 atom stereocenters. The summed E-state index contributed by atoms with van der Waals surface area (Å²) < 4.78 is 0. The van der Waals surface area contributed by atoms with Crippen molar-refractivity contribution in [1.82, 2.24) is 0 Å². The van der Waals surface area contributed by atoms with Gasteiger partial charge in [-0.25, -0.2) is 0 Å². The molecule has 0 N–H and O–H groups in total. The molecule has 4 nitrogen and oxygen atoms in total. The van der Waals surface area contributed by atoms with Gasteiger partial charge >= 0.3 is 0 Å². The molecule has 0 saturated heterocycles. The second-order valence-corrected chi connectivity index (χ2v) is 16.2. The van der Waals surface area contributed by atoms with Crippen molar-refractivity contribution in [3.8, 4) is 0 Å². The summed E-state index contributed by atoms with van der Waals surface area (Å²) in [5.74, 6) is 0. The van der Waals surface area contributed by atoms with Crippen molar-refractivity contribution in [1.29, 1.82) is 0 Å². The van der Waals surface area contributed by atoms with Crippen molar-refractivity contribution in [3.63, 3.8) is 0 Å². The number of nitrogens with zero attached hydrogens (tertiary/aromatic N) is 4. The van der Waals surface area contributed by atoms with Gasteiger partial charge in [-0.2, -0.15) is 0 Å². The summed E-state index contributed by atoms with van der Waals surface area (Å²) >= 11 is 0. The van der Waals surface area contributed by atoms with E-state index in [9.17, 15) is 0 Å². The van der Waals surface area contributed by atoms with Gasteiger partial charge in [-0.15, -0.1) is 0 Å². The lowest BCUT2D eigenvalue weighted by Gasteiger charge is -2.29. The van der Waals surface area contributed by atoms with Crippen molar-refractivity contribution in [2.24, 2.45) is 0 Å². The molecule has 0 aromatic heterocycles. The Hall–Kier alpha value is -7.82. The molecule has 0 amide bonds. The standard InChI is InChI=1S/C59H52N4/c1-45-16-13-25-57(40-45)61(51-19-7-4-8-20-51)54-32-28-48(29-33-54)43-60(50-36-38-56(39-37-50)63(53-23-11-6-12-24-53)59-27-15-18-47(3)42-59)44-49-30-34-55(35-31-49)62(52-21-9-5-10-22-52)58-26-14-17-46(2)41-58/h4-42H,43-44H2,1-3H3. The van der Waals surface area contributed by atoms with E-state index >= 15 is 0 Å². The highest BCUT2D eigenvalue weighted by atomic mass is 15.2. The predicted octanol–water partition coefficient (Wildman–Crippen LogP) is 16.2. The first-order valence-corrected chi connectivity index (χ1v) is 21.7. The van der Waals surface area contributed by atoms with E-state index < -0.39 is 0 Å². The van der Waals surface area contributed by atoms with E-state index in [1.165, 1.54) is 27.8 Å².